The van der Waals surface area contributed by atoms with E-state index in [1.54, 1.807) is 12.1 Å². The SMILES string of the molecule is [O-][S+]1CCc2nc(N3C[C@H]4CC3CN4c3ccc(Br)cc3)nc(Nc3cccc(F)c3)c21. The smallest absolute Gasteiger partial charge is 0.228 e. The topological polar surface area (TPSA) is 67.4 Å². The molecule has 4 heterocycles. The fraction of sp³-hybridized carbons (Fsp3) is 0.304. The maximum atomic E-state index is 13.7. The molecule has 1 N–H and O–H groups in total. The summed E-state index contributed by atoms with van der Waals surface area (Å²) >= 11 is 2.36. The van der Waals surface area contributed by atoms with E-state index in [4.69, 9.17) is 9.97 Å². The van der Waals surface area contributed by atoms with Crippen LogP contribution in [-0.2, 0) is 17.6 Å². The number of aromatic nitrogens is 2. The number of aryl methyl sites for hydroxylation is 1. The van der Waals surface area contributed by atoms with Crippen molar-refractivity contribution in [1.82, 2.24) is 9.97 Å². The lowest BCUT2D eigenvalue weighted by atomic mass is 10.2. The molecule has 0 spiro atoms. The first-order valence-electron chi connectivity index (χ1n) is 10.7. The third-order valence-electron chi connectivity index (χ3n) is 6.42. The first kappa shape index (κ1) is 20.3. The Morgan fingerprint density at radius 3 is 2.59 bits per heavy atom. The Bertz CT molecular complexity index is 1180. The van der Waals surface area contributed by atoms with Crippen LogP contribution in [-0.4, -0.2) is 45.4 Å². The zero-order chi connectivity index (χ0) is 21.8. The van der Waals surface area contributed by atoms with Crippen LogP contribution in [0.2, 0.25) is 0 Å². The first-order chi connectivity index (χ1) is 15.5. The minimum absolute atomic E-state index is 0.327. The highest BCUT2D eigenvalue weighted by molar-refractivity contribution is 9.10. The number of benzene rings is 2. The summed E-state index contributed by atoms with van der Waals surface area (Å²) in [5.41, 5.74) is 2.66. The molecule has 9 heteroatoms. The van der Waals surface area contributed by atoms with E-state index in [2.05, 4.69) is 55.3 Å². The molecule has 2 bridgehead atoms. The lowest BCUT2D eigenvalue weighted by Gasteiger charge is -2.35. The van der Waals surface area contributed by atoms with Crippen molar-refractivity contribution < 1.29 is 8.94 Å². The minimum atomic E-state index is -1.14. The van der Waals surface area contributed by atoms with Gasteiger partial charge in [-0.2, -0.15) is 4.98 Å². The molecule has 0 radical (unpaired) electrons. The standard InChI is InChI=1S/C23H21BrFN5OS/c24-14-4-6-17(7-5-14)29-12-19-11-18(29)13-30(19)23-27-20-8-9-32(31)21(20)22(28-23)26-16-3-1-2-15(25)10-16/h1-7,10,18-19H,8-9,11-13H2,(H,26,27,28)/t18-,19?,32?/m1/s1. The van der Waals surface area contributed by atoms with Crippen LogP contribution in [0.15, 0.2) is 57.9 Å². The Morgan fingerprint density at radius 1 is 1.06 bits per heavy atom. The van der Waals surface area contributed by atoms with Crippen molar-refractivity contribution in [3.05, 3.63) is 64.5 Å². The predicted octanol–water partition coefficient (Wildman–Crippen LogP) is 4.25. The number of hydrogen-bond donors (Lipinski definition) is 1. The molecule has 0 amide bonds. The fourth-order valence-electron chi connectivity index (χ4n) is 4.96. The van der Waals surface area contributed by atoms with Crippen LogP contribution in [0.25, 0.3) is 0 Å². The van der Waals surface area contributed by atoms with Gasteiger partial charge in [0.2, 0.25) is 10.8 Å². The Balaban J connectivity index is 1.29. The molecule has 6 rings (SSSR count). The quantitative estimate of drug-likeness (QED) is 0.526. The second-order valence-corrected chi connectivity index (χ2v) is 10.8. The van der Waals surface area contributed by atoms with E-state index in [1.165, 1.54) is 17.8 Å². The maximum Gasteiger partial charge on any atom is 0.228 e. The molecular formula is C23H21BrFN5OS. The van der Waals surface area contributed by atoms with E-state index in [9.17, 15) is 8.94 Å². The molecular weight excluding hydrogens is 493 g/mol. The molecule has 2 unspecified atom stereocenters. The van der Waals surface area contributed by atoms with Gasteiger partial charge in [0.25, 0.3) is 0 Å². The molecule has 0 aliphatic carbocycles. The third kappa shape index (κ3) is 3.52. The van der Waals surface area contributed by atoms with Crippen molar-refractivity contribution in [1.29, 1.82) is 0 Å². The van der Waals surface area contributed by atoms with Gasteiger partial charge in [-0.1, -0.05) is 22.0 Å². The largest absolute Gasteiger partial charge is 0.611 e. The zero-order valence-electron chi connectivity index (χ0n) is 17.2. The van der Waals surface area contributed by atoms with Gasteiger partial charge in [0.1, 0.15) is 17.3 Å². The van der Waals surface area contributed by atoms with E-state index in [-0.39, 0.29) is 5.82 Å². The van der Waals surface area contributed by atoms with Crippen LogP contribution in [0.3, 0.4) is 0 Å². The highest BCUT2D eigenvalue weighted by atomic mass is 79.9. The first-order valence-corrected chi connectivity index (χ1v) is 12.8. The lowest BCUT2D eigenvalue weighted by molar-refractivity contribution is 0.598. The monoisotopic (exact) mass is 513 g/mol. The number of halogens is 2. The summed E-state index contributed by atoms with van der Waals surface area (Å²) in [6.07, 6.45) is 1.73. The molecule has 3 atom stereocenters. The number of piperazine rings is 1. The molecule has 0 saturated carbocycles. The zero-order valence-corrected chi connectivity index (χ0v) is 19.6. The van der Waals surface area contributed by atoms with Crippen molar-refractivity contribution >= 4 is 50.2 Å². The van der Waals surface area contributed by atoms with Crippen molar-refractivity contribution in [3.63, 3.8) is 0 Å². The van der Waals surface area contributed by atoms with E-state index in [0.717, 1.165) is 29.7 Å². The van der Waals surface area contributed by atoms with Gasteiger partial charge in [-0.05, 0) is 60.1 Å². The molecule has 6 nitrogen and oxygen atoms in total. The van der Waals surface area contributed by atoms with Crippen molar-refractivity contribution in [2.75, 3.05) is 34.0 Å². The van der Waals surface area contributed by atoms with Crippen molar-refractivity contribution in [2.45, 2.75) is 29.8 Å². The number of hydrogen-bond acceptors (Lipinski definition) is 6. The van der Waals surface area contributed by atoms with Gasteiger partial charge in [0.05, 0.1) is 6.04 Å². The van der Waals surface area contributed by atoms with Crippen molar-refractivity contribution in [3.8, 4) is 0 Å². The van der Waals surface area contributed by atoms with Gasteiger partial charge in [0, 0.05) is 41.4 Å². The highest BCUT2D eigenvalue weighted by Crippen LogP contribution is 2.39. The molecule has 3 aliphatic rings. The summed E-state index contributed by atoms with van der Waals surface area (Å²) in [4.78, 5) is 15.0. The van der Waals surface area contributed by atoms with E-state index < -0.39 is 11.2 Å². The summed E-state index contributed by atoms with van der Waals surface area (Å²) in [6.45, 7) is 1.77. The number of nitrogens with zero attached hydrogens (tertiary/aromatic N) is 4. The van der Waals surface area contributed by atoms with Gasteiger partial charge in [-0.15, -0.1) is 0 Å². The van der Waals surface area contributed by atoms with E-state index >= 15 is 0 Å². The summed E-state index contributed by atoms with van der Waals surface area (Å²) in [6, 6.07) is 15.4. The van der Waals surface area contributed by atoms with E-state index in [0.29, 0.717) is 46.6 Å². The highest BCUT2D eigenvalue weighted by Gasteiger charge is 2.45. The van der Waals surface area contributed by atoms with Crippen LogP contribution < -0.4 is 15.1 Å². The molecule has 1 aromatic heterocycles. The lowest BCUT2D eigenvalue weighted by Crippen LogP contribution is -2.47. The van der Waals surface area contributed by atoms with Gasteiger partial charge in [0.15, 0.2) is 5.82 Å². The average molecular weight is 514 g/mol. The summed E-state index contributed by atoms with van der Waals surface area (Å²) in [5, 5.41) is 3.20. The van der Waals surface area contributed by atoms with Crippen LogP contribution in [0.5, 0.6) is 0 Å². The Hall–Kier alpha value is -2.36. The maximum absolute atomic E-state index is 13.7. The fourth-order valence-corrected chi connectivity index (χ4v) is 6.53. The van der Waals surface area contributed by atoms with Crippen LogP contribution in [0, 0.1) is 5.82 Å². The van der Waals surface area contributed by atoms with Crippen LogP contribution in [0.1, 0.15) is 12.1 Å². The second-order valence-electron chi connectivity index (χ2n) is 8.41. The minimum Gasteiger partial charge on any atom is -0.611 e. The molecule has 3 aliphatic heterocycles. The van der Waals surface area contributed by atoms with E-state index in [1.807, 2.05) is 0 Å². The van der Waals surface area contributed by atoms with Crippen LogP contribution >= 0.6 is 15.9 Å². The molecule has 32 heavy (non-hydrogen) atoms. The Morgan fingerprint density at radius 2 is 1.84 bits per heavy atom. The van der Waals surface area contributed by atoms with Gasteiger partial charge in [-0.25, -0.2) is 9.37 Å². The molecule has 164 valence electrons. The molecule has 2 aromatic carbocycles. The number of rotatable bonds is 4. The Kier molecular flexibility index (Phi) is 5.00. The average Bonchev–Trinajstić information content (AvgIpc) is 3.49. The molecule has 2 fully saturated rings. The molecule has 3 aromatic rings. The number of fused-ring (bicyclic) bond motifs is 3. The Labute approximate surface area is 197 Å². The summed E-state index contributed by atoms with van der Waals surface area (Å²) < 4.78 is 27.4. The normalized spacial score (nSPS) is 23.7. The number of anilines is 4. The third-order valence-corrected chi connectivity index (χ3v) is 8.41. The summed E-state index contributed by atoms with van der Waals surface area (Å²) in [7, 11) is 0. The second kappa shape index (κ2) is 7.90. The number of nitrogens with one attached hydrogen (secondary N) is 1. The van der Waals surface area contributed by atoms with Crippen molar-refractivity contribution in [2.24, 2.45) is 0 Å². The predicted molar refractivity (Wildman–Crippen MR) is 128 cm³/mol. The van der Waals surface area contributed by atoms with Gasteiger partial charge < -0.3 is 19.7 Å². The van der Waals surface area contributed by atoms with Gasteiger partial charge in [-0.3, -0.25) is 0 Å². The summed E-state index contributed by atoms with van der Waals surface area (Å²) in [5.74, 6) is 1.42. The van der Waals surface area contributed by atoms with Gasteiger partial charge >= 0.3 is 0 Å². The van der Waals surface area contributed by atoms with Crippen LogP contribution in [0.4, 0.5) is 27.5 Å². The molecule has 2 saturated heterocycles.